The van der Waals surface area contributed by atoms with Gasteiger partial charge < -0.3 is 9.88 Å². The molecule has 0 fully saturated rings. The molecule has 2 heterocycles. The maximum Gasteiger partial charge on any atom is 0.268 e. The molecule has 1 amide bonds. The molecule has 0 unspecified atom stereocenters. The van der Waals surface area contributed by atoms with E-state index in [9.17, 15) is 13.2 Å². The Morgan fingerprint density at radius 3 is 2.39 bits per heavy atom. The van der Waals surface area contributed by atoms with Crippen molar-refractivity contribution in [3.8, 4) is 0 Å². The zero-order valence-corrected chi connectivity index (χ0v) is 19.6. The third-order valence-electron chi connectivity index (χ3n) is 5.62. The first-order valence-electron chi connectivity index (χ1n) is 10.6. The maximum absolute atomic E-state index is 13.3. The Balaban J connectivity index is 1.77. The Kier molecular flexibility index (Phi) is 6.31. The second kappa shape index (κ2) is 9.17. The summed E-state index contributed by atoms with van der Waals surface area (Å²) in [5.41, 5.74) is 3.23. The summed E-state index contributed by atoms with van der Waals surface area (Å²) in [5, 5.41) is 3.75. The molecule has 2 aromatic heterocycles. The second-order valence-corrected chi connectivity index (χ2v) is 10.2. The number of pyridine rings is 1. The number of hydrogen-bond acceptors (Lipinski definition) is 4. The molecule has 0 aliphatic rings. The van der Waals surface area contributed by atoms with E-state index >= 15 is 0 Å². The quantitative estimate of drug-likeness (QED) is 0.452. The van der Waals surface area contributed by atoms with E-state index in [2.05, 4.69) is 10.3 Å². The lowest BCUT2D eigenvalue weighted by Gasteiger charge is -2.16. The van der Waals surface area contributed by atoms with Crippen molar-refractivity contribution in [3.05, 3.63) is 95.9 Å². The van der Waals surface area contributed by atoms with Crippen LogP contribution in [0.25, 0.3) is 10.9 Å². The SMILES string of the molecule is C[C@@H](NC(=O)c1cc2cc(S(=O)(=O)N(C)C)ccc2n1Cc1ccncc1)c1ccccc1. The van der Waals surface area contributed by atoms with Crippen LogP contribution in [0.2, 0.25) is 0 Å². The van der Waals surface area contributed by atoms with E-state index in [0.717, 1.165) is 16.6 Å². The van der Waals surface area contributed by atoms with Crippen molar-refractivity contribution in [2.45, 2.75) is 24.4 Å². The highest BCUT2D eigenvalue weighted by molar-refractivity contribution is 7.89. The number of hydrogen-bond donors (Lipinski definition) is 1. The van der Waals surface area contributed by atoms with Gasteiger partial charge in [-0.25, -0.2) is 12.7 Å². The number of nitrogens with zero attached hydrogens (tertiary/aromatic N) is 3. The van der Waals surface area contributed by atoms with Crippen LogP contribution in [0.4, 0.5) is 0 Å². The molecule has 1 N–H and O–H groups in total. The molecule has 4 aromatic rings. The molecule has 8 heteroatoms. The summed E-state index contributed by atoms with van der Waals surface area (Å²) in [6.07, 6.45) is 3.42. The minimum atomic E-state index is -3.59. The van der Waals surface area contributed by atoms with Gasteiger partial charge in [-0.2, -0.15) is 0 Å². The molecule has 0 aliphatic carbocycles. The number of amides is 1. The van der Waals surface area contributed by atoms with Crippen LogP contribution in [0, 0.1) is 0 Å². The van der Waals surface area contributed by atoms with Gasteiger partial charge in [0.2, 0.25) is 10.0 Å². The summed E-state index contributed by atoms with van der Waals surface area (Å²) < 4.78 is 28.3. The molecule has 0 saturated carbocycles. The Labute approximate surface area is 193 Å². The summed E-state index contributed by atoms with van der Waals surface area (Å²) >= 11 is 0. The summed E-state index contributed by atoms with van der Waals surface area (Å²) in [7, 11) is -0.595. The van der Waals surface area contributed by atoms with Gasteiger partial charge in [0.1, 0.15) is 5.69 Å². The predicted octanol–water partition coefficient (Wildman–Crippen LogP) is 3.83. The van der Waals surface area contributed by atoms with E-state index in [1.807, 2.05) is 54.0 Å². The topological polar surface area (TPSA) is 84.3 Å². The van der Waals surface area contributed by atoms with Crippen LogP contribution < -0.4 is 5.32 Å². The van der Waals surface area contributed by atoms with Crippen LogP contribution in [0.3, 0.4) is 0 Å². The fourth-order valence-electron chi connectivity index (χ4n) is 3.75. The molecular formula is C25H26N4O3S. The monoisotopic (exact) mass is 462 g/mol. The zero-order chi connectivity index (χ0) is 23.6. The number of carbonyl (C=O) groups is 1. The van der Waals surface area contributed by atoms with Crippen molar-refractivity contribution in [1.29, 1.82) is 0 Å². The van der Waals surface area contributed by atoms with Gasteiger partial charge in [0.05, 0.1) is 10.9 Å². The average molecular weight is 463 g/mol. The molecule has 1 atom stereocenters. The molecule has 0 radical (unpaired) electrons. The first-order valence-corrected chi connectivity index (χ1v) is 12.0. The van der Waals surface area contributed by atoms with Crippen LogP contribution in [-0.4, -0.2) is 42.3 Å². The number of rotatable bonds is 7. The first kappa shape index (κ1) is 22.7. The van der Waals surface area contributed by atoms with Crippen molar-refractivity contribution in [1.82, 2.24) is 19.2 Å². The third-order valence-corrected chi connectivity index (χ3v) is 7.43. The van der Waals surface area contributed by atoms with Gasteiger partial charge in [0.15, 0.2) is 0 Å². The van der Waals surface area contributed by atoms with Crippen molar-refractivity contribution in [3.63, 3.8) is 0 Å². The highest BCUT2D eigenvalue weighted by atomic mass is 32.2. The third kappa shape index (κ3) is 4.67. The minimum Gasteiger partial charge on any atom is -0.344 e. The summed E-state index contributed by atoms with van der Waals surface area (Å²) in [5.74, 6) is -0.228. The molecule has 0 bridgehead atoms. The van der Waals surface area contributed by atoms with Gasteiger partial charge in [-0.15, -0.1) is 0 Å². The summed E-state index contributed by atoms with van der Waals surface area (Å²) in [4.78, 5) is 17.6. The minimum absolute atomic E-state index is 0.184. The van der Waals surface area contributed by atoms with Crippen LogP contribution in [0.1, 0.15) is 34.6 Å². The van der Waals surface area contributed by atoms with E-state index in [0.29, 0.717) is 17.6 Å². The largest absolute Gasteiger partial charge is 0.344 e. The van der Waals surface area contributed by atoms with E-state index < -0.39 is 10.0 Å². The van der Waals surface area contributed by atoms with E-state index in [-0.39, 0.29) is 16.8 Å². The van der Waals surface area contributed by atoms with Crippen LogP contribution in [-0.2, 0) is 16.6 Å². The molecular weight excluding hydrogens is 436 g/mol. The molecule has 7 nitrogen and oxygen atoms in total. The fourth-order valence-corrected chi connectivity index (χ4v) is 4.68. The predicted molar refractivity (Wildman–Crippen MR) is 128 cm³/mol. The lowest BCUT2D eigenvalue weighted by atomic mass is 10.1. The molecule has 33 heavy (non-hydrogen) atoms. The van der Waals surface area contributed by atoms with Gasteiger partial charge in [0.25, 0.3) is 5.91 Å². The first-order chi connectivity index (χ1) is 15.8. The molecule has 4 rings (SSSR count). The Bertz CT molecular complexity index is 1380. The molecule has 170 valence electrons. The Morgan fingerprint density at radius 1 is 1.03 bits per heavy atom. The normalized spacial score (nSPS) is 12.7. The second-order valence-electron chi connectivity index (χ2n) is 8.09. The number of carbonyl (C=O) groups excluding carboxylic acids is 1. The molecule has 0 saturated heterocycles. The van der Waals surface area contributed by atoms with Crippen molar-refractivity contribution >= 4 is 26.8 Å². The number of benzene rings is 2. The lowest BCUT2D eigenvalue weighted by molar-refractivity contribution is 0.0931. The number of fused-ring (bicyclic) bond motifs is 1. The Morgan fingerprint density at radius 2 is 1.73 bits per heavy atom. The number of nitrogens with one attached hydrogen (secondary N) is 1. The molecule has 2 aromatic carbocycles. The highest BCUT2D eigenvalue weighted by Gasteiger charge is 2.22. The molecule has 0 aliphatic heterocycles. The number of aromatic nitrogens is 2. The zero-order valence-electron chi connectivity index (χ0n) is 18.8. The van der Waals surface area contributed by atoms with Crippen LogP contribution in [0.5, 0.6) is 0 Å². The van der Waals surface area contributed by atoms with Gasteiger partial charge in [-0.05, 0) is 54.4 Å². The highest BCUT2D eigenvalue weighted by Crippen LogP contribution is 2.26. The van der Waals surface area contributed by atoms with Crippen molar-refractivity contribution < 1.29 is 13.2 Å². The van der Waals surface area contributed by atoms with Crippen molar-refractivity contribution in [2.75, 3.05) is 14.1 Å². The van der Waals surface area contributed by atoms with Gasteiger partial charge in [-0.3, -0.25) is 9.78 Å². The smallest absolute Gasteiger partial charge is 0.268 e. The van der Waals surface area contributed by atoms with Crippen LogP contribution in [0.15, 0.2) is 84.0 Å². The number of sulfonamides is 1. The van der Waals surface area contributed by atoms with Gasteiger partial charge >= 0.3 is 0 Å². The van der Waals surface area contributed by atoms with E-state index in [4.69, 9.17) is 0 Å². The van der Waals surface area contributed by atoms with E-state index in [1.54, 1.807) is 36.7 Å². The summed E-state index contributed by atoms with van der Waals surface area (Å²) in [6.45, 7) is 2.39. The van der Waals surface area contributed by atoms with E-state index in [1.165, 1.54) is 18.4 Å². The van der Waals surface area contributed by atoms with Crippen LogP contribution >= 0.6 is 0 Å². The molecule has 0 spiro atoms. The van der Waals surface area contributed by atoms with Gasteiger partial charge in [-0.1, -0.05) is 30.3 Å². The Hall–Kier alpha value is -3.49. The van der Waals surface area contributed by atoms with Gasteiger partial charge in [0, 0.05) is 43.9 Å². The average Bonchev–Trinajstić information content (AvgIpc) is 3.18. The fraction of sp³-hybridized carbons (Fsp3) is 0.200. The standard InChI is InChI=1S/C25H26N4O3S/c1-18(20-7-5-4-6-8-20)27-25(30)24-16-21-15-22(33(31,32)28(2)3)9-10-23(21)29(24)17-19-11-13-26-14-12-19/h4-16,18H,17H2,1-3H3,(H,27,30)/t18-/m1/s1. The van der Waals surface area contributed by atoms with Crippen molar-refractivity contribution in [2.24, 2.45) is 0 Å². The lowest BCUT2D eigenvalue weighted by Crippen LogP contribution is -2.28. The maximum atomic E-state index is 13.3. The summed E-state index contributed by atoms with van der Waals surface area (Å²) in [6, 6.07) is 20.0.